The van der Waals surface area contributed by atoms with Crippen molar-refractivity contribution >= 4 is 33.2 Å². The van der Waals surface area contributed by atoms with Crippen LogP contribution in [0.15, 0.2) is 64.6 Å². The summed E-state index contributed by atoms with van der Waals surface area (Å²) in [7, 11) is -3.63. The quantitative estimate of drug-likeness (QED) is 0.525. The summed E-state index contributed by atoms with van der Waals surface area (Å²) in [6.07, 6.45) is 5.59. The van der Waals surface area contributed by atoms with Crippen LogP contribution in [0.2, 0.25) is 0 Å². The molecule has 0 spiro atoms. The molecule has 0 saturated heterocycles. The number of rotatable bonds is 8. The fourth-order valence-corrected chi connectivity index (χ4v) is 3.90. The maximum absolute atomic E-state index is 12.6. The molecule has 9 heteroatoms. The number of nitrogens with zero attached hydrogens (tertiary/aromatic N) is 1. The van der Waals surface area contributed by atoms with Gasteiger partial charge in [0, 0.05) is 42.5 Å². The van der Waals surface area contributed by atoms with Gasteiger partial charge in [0.2, 0.25) is 10.0 Å². The molecular formula is C18H22ClN3O4S. The lowest BCUT2D eigenvalue weighted by atomic mass is 10.2. The van der Waals surface area contributed by atoms with Gasteiger partial charge in [0.1, 0.15) is 0 Å². The largest absolute Gasteiger partial charge is 0.472 e. The highest BCUT2D eigenvalue weighted by molar-refractivity contribution is 7.89. The Morgan fingerprint density at radius 2 is 2.00 bits per heavy atom. The minimum absolute atomic E-state index is 0. The Morgan fingerprint density at radius 1 is 1.19 bits per heavy atom. The van der Waals surface area contributed by atoms with Gasteiger partial charge in [0.25, 0.3) is 0 Å². The number of hydrogen-bond donors (Lipinski definition) is 3. The van der Waals surface area contributed by atoms with Crippen LogP contribution in [0.3, 0.4) is 0 Å². The van der Waals surface area contributed by atoms with E-state index in [9.17, 15) is 13.5 Å². The van der Waals surface area contributed by atoms with Crippen LogP contribution in [0.5, 0.6) is 0 Å². The molecule has 0 aliphatic heterocycles. The fraction of sp³-hybridized carbons (Fsp3) is 0.278. The third kappa shape index (κ3) is 5.50. The SMILES string of the molecule is C[C@H](CNCC(O)c1ccoc1)NS(=O)(=O)c1ccc2cnccc2c1.Cl. The second-order valence-corrected chi connectivity index (χ2v) is 7.85. The van der Waals surface area contributed by atoms with Gasteiger partial charge >= 0.3 is 0 Å². The zero-order valence-electron chi connectivity index (χ0n) is 14.7. The van der Waals surface area contributed by atoms with E-state index in [1.807, 2.05) is 0 Å². The van der Waals surface area contributed by atoms with Crippen LogP contribution in [0.1, 0.15) is 18.6 Å². The Balaban J connectivity index is 0.00000261. The Bertz CT molecular complexity index is 964. The number of aromatic nitrogens is 1. The lowest BCUT2D eigenvalue weighted by molar-refractivity contribution is 0.173. The van der Waals surface area contributed by atoms with Crippen molar-refractivity contribution in [2.45, 2.75) is 24.0 Å². The first-order valence-electron chi connectivity index (χ1n) is 8.23. The Morgan fingerprint density at radius 3 is 2.74 bits per heavy atom. The van der Waals surface area contributed by atoms with E-state index in [0.29, 0.717) is 18.7 Å². The van der Waals surface area contributed by atoms with Crippen LogP contribution >= 0.6 is 12.4 Å². The van der Waals surface area contributed by atoms with Crippen LogP contribution < -0.4 is 10.0 Å². The minimum atomic E-state index is -3.63. The summed E-state index contributed by atoms with van der Waals surface area (Å²) in [4.78, 5) is 4.23. The summed E-state index contributed by atoms with van der Waals surface area (Å²) in [5.41, 5.74) is 0.677. The molecular weight excluding hydrogens is 390 g/mol. The molecule has 27 heavy (non-hydrogen) atoms. The van der Waals surface area contributed by atoms with E-state index >= 15 is 0 Å². The number of sulfonamides is 1. The Labute approximate surface area is 164 Å². The van der Waals surface area contributed by atoms with Gasteiger partial charge in [0.15, 0.2) is 0 Å². The molecule has 0 amide bonds. The number of aliphatic hydroxyl groups is 1. The van der Waals surface area contributed by atoms with Crippen molar-refractivity contribution in [2.75, 3.05) is 13.1 Å². The molecule has 3 rings (SSSR count). The lowest BCUT2D eigenvalue weighted by Gasteiger charge is -2.16. The first-order valence-corrected chi connectivity index (χ1v) is 9.71. The first kappa shape index (κ1) is 21.3. The van der Waals surface area contributed by atoms with Gasteiger partial charge in [-0.15, -0.1) is 12.4 Å². The van der Waals surface area contributed by atoms with Crippen molar-refractivity contribution in [2.24, 2.45) is 0 Å². The molecule has 1 aromatic carbocycles. The van der Waals surface area contributed by atoms with Crippen molar-refractivity contribution in [3.63, 3.8) is 0 Å². The summed E-state index contributed by atoms with van der Waals surface area (Å²) in [5, 5.41) is 14.7. The Kier molecular flexibility index (Phi) is 7.34. The van der Waals surface area contributed by atoms with Gasteiger partial charge in [-0.05, 0) is 36.6 Å². The van der Waals surface area contributed by atoms with Gasteiger partial charge in [-0.1, -0.05) is 6.07 Å². The summed E-state index contributed by atoms with van der Waals surface area (Å²) >= 11 is 0. The van der Waals surface area contributed by atoms with E-state index in [0.717, 1.165) is 10.8 Å². The van der Waals surface area contributed by atoms with Crippen LogP contribution in [-0.2, 0) is 10.0 Å². The van der Waals surface area contributed by atoms with Crippen molar-refractivity contribution < 1.29 is 17.9 Å². The predicted octanol–water partition coefficient (Wildman–Crippen LogP) is 2.24. The molecule has 0 radical (unpaired) electrons. The number of fused-ring (bicyclic) bond motifs is 1. The minimum Gasteiger partial charge on any atom is -0.472 e. The zero-order valence-corrected chi connectivity index (χ0v) is 16.3. The highest BCUT2D eigenvalue weighted by Crippen LogP contribution is 2.18. The highest BCUT2D eigenvalue weighted by Gasteiger charge is 2.18. The third-order valence-electron chi connectivity index (χ3n) is 3.99. The van der Waals surface area contributed by atoms with Crippen molar-refractivity contribution in [1.82, 2.24) is 15.0 Å². The average Bonchev–Trinajstić information content (AvgIpc) is 3.15. The summed E-state index contributed by atoms with van der Waals surface area (Å²) in [6, 6.07) is 8.05. The van der Waals surface area contributed by atoms with Crippen LogP contribution in [-0.4, -0.2) is 37.6 Å². The van der Waals surface area contributed by atoms with E-state index in [2.05, 4.69) is 15.0 Å². The molecule has 0 bridgehead atoms. The van der Waals surface area contributed by atoms with E-state index in [4.69, 9.17) is 4.42 Å². The van der Waals surface area contributed by atoms with E-state index in [-0.39, 0.29) is 23.3 Å². The number of hydrogen-bond acceptors (Lipinski definition) is 6. The molecule has 7 nitrogen and oxygen atoms in total. The van der Waals surface area contributed by atoms with Gasteiger partial charge in [-0.25, -0.2) is 13.1 Å². The number of furan rings is 1. The summed E-state index contributed by atoms with van der Waals surface area (Å²) < 4.78 is 32.7. The standard InChI is InChI=1S/C18H21N3O4S.ClH/c1-13(9-20-11-18(22)16-5-7-25-12-16)21-26(23,24)17-3-2-15-10-19-6-4-14(15)8-17;/h2-8,10,12-13,18,20-22H,9,11H2,1H3;1H/t13-,18?;/m1./s1. The maximum atomic E-state index is 12.6. The normalized spacial score (nSPS) is 13.9. The lowest BCUT2D eigenvalue weighted by Crippen LogP contribution is -2.40. The number of benzene rings is 1. The van der Waals surface area contributed by atoms with Crippen molar-refractivity contribution in [3.05, 3.63) is 60.8 Å². The molecule has 1 unspecified atom stereocenters. The van der Waals surface area contributed by atoms with E-state index in [1.165, 1.54) is 12.5 Å². The van der Waals surface area contributed by atoms with Crippen molar-refractivity contribution in [1.29, 1.82) is 0 Å². The van der Waals surface area contributed by atoms with Gasteiger partial charge < -0.3 is 14.8 Å². The number of pyridine rings is 1. The second kappa shape index (κ2) is 9.29. The molecule has 3 N–H and O–H groups in total. The van der Waals surface area contributed by atoms with Crippen molar-refractivity contribution in [3.8, 4) is 0 Å². The monoisotopic (exact) mass is 411 g/mol. The second-order valence-electron chi connectivity index (χ2n) is 6.14. The fourth-order valence-electron chi connectivity index (χ4n) is 2.62. The smallest absolute Gasteiger partial charge is 0.240 e. The third-order valence-corrected chi connectivity index (χ3v) is 5.58. The molecule has 2 atom stereocenters. The molecule has 0 saturated carbocycles. The average molecular weight is 412 g/mol. The highest BCUT2D eigenvalue weighted by atomic mass is 35.5. The maximum Gasteiger partial charge on any atom is 0.240 e. The topological polar surface area (TPSA) is 104 Å². The zero-order chi connectivity index (χ0) is 18.6. The number of nitrogens with one attached hydrogen (secondary N) is 2. The molecule has 0 aliphatic carbocycles. The number of aliphatic hydroxyl groups excluding tert-OH is 1. The van der Waals surface area contributed by atoms with Crippen LogP contribution in [0, 0.1) is 0 Å². The molecule has 2 aromatic heterocycles. The molecule has 3 aromatic rings. The summed E-state index contributed by atoms with van der Waals surface area (Å²) in [6.45, 7) is 2.44. The van der Waals surface area contributed by atoms with Gasteiger partial charge in [0.05, 0.1) is 23.5 Å². The summed E-state index contributed by atoms with van der Waals surface area (Å²) in [5.74, 6) is 0. The molecule has 146 valence electrons. The van der Waals surface area contributed by atoms with Gasteiger partial charge in [-0.2, -0.15) is 0 Å². The molecule has 2 heterocycles. The molecule has 0 fully saturated rings. The number of halogens is 1. The Hall–Kier alpha value is -1.97. The van der Waals surface area contributed by atoms with Crippen LogP contribution in [0.25, 0.3) is 10.8 Å². The predicted molar refractivity (Wildman–Crippen MR) is 105 cm³/mol. The van der Waals surface area contributed by atoms with Crippen LogP contribution in [0.4, 0.5) is 0 Å². The first-order chi connectivity index (χ1) is 12.5. The van der Waals surface area contributed by atoms with E-state index < -0.39 is 16.1 Å². The van der Waals surface area contributed by atoms with E-state index in [1.54, 1.807) is 49.6 Å². The van der Waals surface area contributed by atoms with Gasteiger partial charge in [-0.3, -0.25) is 4.98 Å². The molecule has 0 aliphatic rings.